The molecule has 1 aromatic heterocycles. The van der Waals surface area contributed by atoms with E-state index < -0.39 is 11.6 Å². The quantitative estimate of drug-likeness (QED) is 0.675. The van der Waals surface area contributed by atoms with Crippen molar-refractivity contribution in [2.24, 2.45) is 0 Å². The summed E-state index contributed by atoms with van der Waals surface area (Å²) in [6.45, 7) is 3.60. The first-order valence-corrected chi connectivity index (χ1v) is 4.41. The third kappa shape index (κ3) is 2.46. The van der Waals surface area contributed by atoms with Crippen molar-refractivity contribution in [3.05, 3.63) is 60.7 Å². The van der Waals surface area contributed by atoms with Crippen LogP contribution in [0.25, 0.3) is 11.3 Å². The zero-order chi connectivity index (χ0) is 10.8. The molecule has 85 valence electrons. The van der Waals surface area contributed by atoms with Crippen molar-refractivity contribution < 1.29 is 28.9 Å². The van der Waals surface area contributed by atoms with Gasteiger partial charge in [-0.3, -0.25) is 4.98 Å². The van der Waals surface area contributed by atoms with Crippen molar-refractivity contribution in [1.82, 2.24) is 4.98 Å². The first-order chi connectivity index (χ1) is 7.18. The minimum absolute atomic E-state index is 0. The molecule has 1 aromatic carbocycles. The van der Waals surface area contributed by atoms with Gasteiger partial charge in [0.05, 0.1) is 11.6 Å². The summed E-state index contributed by atoms with van der Waals surface area (Å²) >= 11 is 0. The van der Waals surface area contributed by atoms with Gasteiger partial charge < -0.3 is 0 Å². The molecule has 0 saturated heterocycles. The maximum atomic E-state index is 13.5. The molecule has 16 heavy (non-hydrogen) atoms. The molecule has 0 unspecified atom stereocenters. The molecule has 0 fully saturated rings. The zero-order valence-corrected chi connectivity index (χ0v) is 10.6. The van der Waals surface area contributed by atoms with Crippen LogP contribution in [0.3, 0.4) is 0 Å². The summed E-state index contributed by atoms with van der Waals surface area (Å²) in [6, 6.07) is 7.15. The van der Waals surface area contributed by atoms with Crippen LogP contribution in [-0.2, 0) is 20.1 Å². The van der Waals surface area contributed by atoms with Gasteiger partial charge >= 0.3 is 0 Å². The van der Waals surface area contributed by atoms with Crippen LogP contribution in [-0.4, -0.2) is 4.98 Å². The van der Waals surface area contributed by atoms with E-state index in [1.54, 1.807) is 24.4 Å². The van der Waals surface area contributed by atoms with E-state index in [1.165, 1.54) is 6.07 Å². The third-order valence-electron chi connectivity index (χ3n) is 2.06. The summed E-state index contributed by atoms with van der Waals surface area (Å²) in [5.74, 6) is -1.27. The Kier molecular flexibility index (Phi) is 4.16. The minimum Gasteiger partial charge on any atom is -0.269 e. The van der Waals surface area contributed by atoms with Crippen molar-refractivity contribution in [3.63, 3.8) is 0 Å². The van der Waals surface area contributed by atoms with Crippen molar-refractivity contribution in [2.75, 3.05) is 0 Å². The molecular weight excluding hydrogens is 388 g/mol. The number of hydrogen-bond donors (Lipinski definition) is 0. The topological polar surface area (TPSA) is 12.9 Å². The number of halogens is 2. The molecule has 0 spiro atoms. The average Bonchev–Trinajstić information content (AvgIpc) is 2.17. The molecule has 1 nitrogen and oxygen atoms in total. The van der Waals surface area contributed by atoms with Crippen LogP contribution in [0.2, 0.25) is 0 Å². The van der Waals surface area contributed by atoms with Crippen LogP contribution in [0.4, 0.5) is 8.78 Å². The largest absolute Gasteiger partial charge is 0.269 e. The number of aromatic nitrogens is 1. The van der Waals surface area contributed by atoms with Gasteiger partial charge in [-0.15, -0.1) is 6.07 Å². The number of rotatable bonds is 1. The first kappa shape index (κ1) is 12.8. The Morgan fingerprint density at radius 2 is 1.88 bits per heavy atom. The van der Waals surface area contributed by atoms with E-state index >= 15 is 0 Å². The van der Waals surface area contributed by atoms with Crippen molar-refractivity contribution in [1.29, 1.82) is 0 Å². The van der Waals surface area contributed by atoms with Crippen molar-refractivity contribution >= 4 is 0 Å². The fourth-order valence-corrected chi connectivity index (χ4v) is 1.42. The van der Waals surface area contributed by atoms with Crippen LogP contribution in [0.1, 0.15) is 5.56 Å². The molecule has 4 heteroatoms. The Bertz CT molecular complexity index is 463. The average molecular weight is 396 g/mol. The van der Waals surface area contributed by atoms with Gasteiger partial charge in [0.25, 0.3) is 0 Å². The van der Waals surface area contributed by atoms with Gasteiger partial charge in [-0.2, -0.15) is 12.5 Å². The fraction of sp³-hybridized carbons (Fsp3) is 0. The van der Waals surface area contributed by atoms with Gasteiger partial charge in [0.1, 0.15) is 0 Å². The van der Waals surface area contributed by atoms with Crippen LogP contribution >= 0.6 is 0 Å². The van der Waals surface area contributed by atoms with Gasteiger partial charge in [-0.1, -0.05) is 11.6 Å². The Morgan fingerprint density at radius 1 is 1.12 bits per heavy atom. The molecule has 0 bridgehead atoms. The van der Waals surface area contributed by atoms with Crippen LogP contribution in [0, 0.1) is 18.6 Å². The van der Waals surface area contributed by atoms with Gasteiger partial charge in [-0.05, 0) is 18.2 Å². The van der Waals surface area contributed by atoms with Crippen LogP contribution < -0.4 is 0 Å². The standard InChI is InChI=1S/C12H8F2N.Ir/c1-8-6-9(13)7-10(14)12(8)11-4-2-3-5-15-11;/h2-7H,1H2;/q-1;. The first-order valence-electron chi connectivity index (χ1n) is 4.41. The van der Waals surface area contributed by atoms with Crippen molar-refractivity contribution in [3.8, 4) is 11.3 Å². The molecule has 0 amide bonds. The maximum Gasteiger partial charge on any atom is 0.0796 e. The number of benzene rings is 1. The SMILES string of the molecule is [CH2-]c1cc(F)cc(F)c1-c1ccccn1.[Ir]. The number of pyridine rings is 1. The molecule has 0 saturated carbocycles. The van der Waals surface area contributed by atoms with E-state index in [0.29, 0.717) is 11.3 Å². The molecule has 0 aliphatic rings. The molecule has 0 N–H and O–H groups in total. The maximum absolute atomic E-state index is 13.5. The van der Waals surface area contributed by atoms with E-state index in [0.717, 1.165) is 6.07 Å². The Morgan fingerprint density at radius 3 is 2.44 bits per heavy atom. The molecule has 0 atom stereocenters. The van der Waals surface area contributed by atoms with Gasteiger partial charge in [0.15, 0.2) is 0 Å². The Labute approximate surface area is 106 Å². The molecule has 1 heterocycles. The van der Waals surface area contributed by atoms with Crippen molar-refractivity contribution in [2.45, 2.75) is 0 Å². The van der Waals surface area contributed by atoms with E-state index in [-0.39, 0.29) is 25.7 Å². The predicted octanol–water partition coefficient (Wildman–Crippen LogP) is 3.21. The number of hydrogen-bond acceptors (Lipinski definition) is 1. The third-order valence-corrected chi connectivity index (χ3v) is 2.06. The summed E-state index contributed by atoms with van der Waals surface area (Å²) < 4.78 is 26.3. The minimum atomic E-state index is -0.640. The Hall–Kier alpha value is -1.25. The van der Waals surface area contributed by atoms with Gasteiger partial charge in [0, 0.05) is 32.0 Å². The summed E-state index contributed by atoms with van der Waals surface area (Å²) in [5.41, 5.74) is 1.00. The molecule has 1 radical (unpaired) electrons. The summed E-state index contributed by atoms with van der Waals surface area (Å²) in [6.07, 6.45) is 1.55. The molecular formula is C12H8F2IrN-. The number of nitrogens with zero attached hydrogens (tertiary/aromatic N) is 1. The second-order valence-corrected chi connectivity index (χ2v) is 3.14. The summed E-state index contributed by atoms with van der Waals surface area (Å²) in [4.78, 5) is 4.00. The summed E-state index contributed by atoms with van der Waals surface area (Å²) in [5, 5.41) is 0. The monoisotopic (exact) mass is 397 g/mol. The second kappa shape index (κ2) is 5.19. The van der Waals surface area contributed by atoms with Gasteiger partial charge in [-0.25, -0.2) is 8.78 Å². The fourth-order valence-electron chi connectivity index (χ4n) is 1.42. The molecule has 0 aliphatic carbocycles. The van der Waals surface area contributed by atoms with E-state index in [1.807, 2.05) is 0 Å². The molecule has 2 rings (SSSR count). The molecule has 0 aliphatic heterocycles. The zero-order valence-electron chi connectivity index (χ0n) is 8.21. The van der Waals surface area contributed by atoms with E-state index in [9.17, 15) is 8.78 Å². The Balaban J connectivity index is 0.00000128. The van der Waals surface area contributed by atoms with Crippen LogP contribution in [0.15, 0.2) is 36.5 Å². The summed E-state index contributed by atoms with van der Waals surface area (Å²) in [7, 11) is 0. The van der Waals surface area contributed by atoms with E-state index in [4.69, 9.17) is 0 Å². The smallest absolute Gasteiger partial charge is 0.0796 e. The van der Waals surface area contributed by atoms with E-state index in [2.05, 4.69) is 11.9 Å². The molecule has 2 aromatic rings. The predicted molar refractivity (Wildman–Crippen MR) is 54.0 cm³/mol. The second-order valence-electron chi connectivity index (χ2n) is 3.14. The van der Waals surface area contributed by atoms with Crippen LogP contribution in [0.5, 0.6) is 0 Å². The van der Waals surface area contributed by atoms with Gasteiger partial charge in [0.2, 0.25) is 0 Å². The normalized spacial score (nSPS) is 9.62.